The number of amides is 1. The number of aryl methyl sites for hydroxylation is 1. The first-order valence-corrected chi connectivity index (χ1v) is 8.23. The van der Waals surface area contributed by atoms with Gasteiger partial charge in [-0.2, -0.15) is 4.31 Å². The number of carboxylic acids is 1. The number of nitrogens with zero attached hydrogens (tertiary/aromatic N) is 1. The van der Waals surface area contributed by atoms with E-state index in [-0.39, 0.29) is 28.8 Å². The third-order valence-corrected chi connectivity index (χ3v) is 6.64. The number of aromatic carboxylic acids is 1. The van der Waals surface area contributed by atoms with Gasteiger partial charge >= 0.3 is 5.97 Å². The number of ether oxygens (including phenoxy) is 1. The highest BCUT2D eigenvalue weighted by molar-refractivity contribution is 7.91. The van der Waals surface area contributed by atoms with Crippen LogP contribution in [0.1, 0.15) is 15.2 Å². The van der Waals surface area contributed by atoms with E-state index in [2.05, 4.69) is 0 Å². The molecule has 1 fully saturated rings. The van der Waals surface area contributed by atoms with Crippen molar-refractivity contribution in [1.29, 1.82) is 0 Å². The fourth-order valence-corrected chi connectivity index (χ4v) is 5.08. The van der Waals surface area contributed by atoms with Crippen LogP contribution in [0.3, 0.4) is 0 Å². The topological polar surface area (TPSA) is 127 Å². The second kappa shape index (κ2) is 5.72. The first-order chi connectivity index (χ1) is 9.75. The molecule has 0 spiro atoms. The largest absolute Gasteiger partial charge is 0.477 e. The Bertz CT molecular complexity index is 681. The van der Waals surface area contributed by atoms with Gasteiger partial charge in [-0.1, -0.05) is 0 Å². The lowest BCUT2D eigenvalue weighted by atomic mass is 10.3. The van der Waals surface area contributed by atoms with Gasteiger partial charge in [-0.25, -0.2) is 13.2 Å². The van der Waals surface area contributed by atoms with Crippen LogP contribution in [-0.2, 0) is 19.6 Å². The minimum atomic E-state index is -3.98. The Hall–Kier alpha value is -1.49. The smallest absolute Gasteiger partial charge is 0.346 e. The van der Waals surface area contributed by atoms with Crippen LogP contribution in [-0.4, -0.2) is 55.5 Å². The summed E-state index contributed by atoms with van der Waals surface area (Å²) in [6, 6.07) is 0.205. The Morgan fingerprint density at radius 2 is 2.19 bits per heavy atom. The highest BCUT2D eigenvalue weighted by atomic mass is 32.2. The highest BCUT2D eigenvalue weighted by Gasteiger charge is 2.38. The normalized spacial score (nSPS) is 20.3. The van der Waals surface area contributed by atoms with Crippen LogP contribution < -0.4 is 5.73 Å². The molecule has 8 nitrogen and oxygen atoms in total. The summed E-state index contributed by atoms with van der Waals surface area (Å²) in [6.45, 7) is 1.56. The van der Waals surface area contributed by atoms with Gasteiger partial charge in [0.2, 0.25) is 5.91 Å². The molecule has 1 aromatic rings. The molecule has 1 amide bonds. The van der Waals surface area contributed by atoms with Crippen molar-refractivity contribution in [2.24, 2.45) is 5.73 Å². The highest BCUT2D eigenvalue weighted by Crippen LogP contribution is 2.30. The Morgan fingerprint density at radius 1 is 1.52 bits per heavy atom. The number of hydrogen-bond donors (Lipinski definition) is 2. The maximum atomic E-state index is 12.6. The van der Waals surface area contributed by atoms with Crippen molar-refractivity contribution < 1.29 is 27.9 Å². The van der Waals surface area contributed by atoms with Gasteiger partial charge < -0.3 is 15.6 Å². The summed E-state index contributed by atoms with van der Waals surface area (Å²) < 4.78 is 31.1. The summed E-state index contributed by atoms with van der Waals surface area (Å²) in [5.41, 5.74) is 5.56. The van der Waals surface area contributed by atoms with Crippen LogP contribution in [0.4, 0.5) is 0 Å². The summed E-state index contributed by atoms with van der Waals surface area (Å²) in [4.78, 5) is 22.3. The van der Waals surface area contributed by atoms with Crippen molar-refractivity contribution in [3.63, 3.8) is 0 Å². The van der Waals surface area contributed by atoms with Crippen LogP contribution in [0.2, 0.25) is 0 Å². The molecule has 3 N–H and O–H groups in total. The number of nitrogens with two attached hydrogens (primary N) is 1. The zero-order valence-electron chi connectivity index (χ0n) is 11.1. The van der Waals surface area contributed by atoms with Gasteiger partial charge in [-0.3, -0.25) is 4.79 Å². The van der Waals surface area contributed by atoms with Gasteiger partial charge in [0.25, 0.3) is 10.0 Å². The second-order valence-electron chi connectivity index (χ2n) is 4.49. The molecule has 0 bridgehead atoms. The fourth-order valence-electron chi connectivity index (χ4n) is 2.01. The van der Waals surface area contributed by atoms with Crippen LogP contribution in [0.5, 0.6) is 0 Å². The van der Waals surface area contributed by atoms with Crippen molar-refractivity contribution in [1.82, 2.24) is 4.31 Å². The number of rotatable bonds is 4. The maximum absolute atomic E-state index is 12.6. The molecule has 21 heavy (non-hydrogen) atoms. The summed E-state index contributed by atoms with van der Waals surface area (Å²) >= 11 is 0.660. The average molecular weight is 334 g/mol. The van der Waals surface area contributed by atoms with Crippen molar-refractivity contribution in [2.45, 2.75) is 17.2 Å². The Kier molecular flexibility index (Phi) is 4.33. The monoisotopic (exact) mass is 334 g/mol. The van der Waals surface area contributed by atoms with Gasteiger partial charge in [0.05, 0.1) is 13.2 Å². The van der Waals surface area contributed by atoms with E-state index in [1.807, 2.05) is 0 Å². The molecule has 1 aliphatic heterocycles. The van der Waals surface area contributed by atoms with Crippen LogP contribution in [0.15, 0.2) is 10.3 Å². The quantitative estimate of drug-likeness (QED) is 0.773. The fraction of sp³-hybridized carbons (Fsp3) is 0.455. The van der Waals surface area contributed by atoms with E-state index < -0.39 is 27.9 Å². The number of morpholine rings is 1. The number of thiophene rings is 1. The van der Waals surface area contributed by atoms with Gasteiger partial charge in [0.1, 0.15) is 15.1 Å². The van der Waals surface area contributed by atoms with Crippen LogP contribution in [0, 0.1) is 6.92 Å². The predicted molar refractivity (Wildman–Crippen MR) is 73.7 cm³/mol. The van der Waals surface area contributed by atoms with Gasteiger partial charge in [-0.05, 0) is 18.6 Å². The van der Waals surface area contributed by atoms with Gasteiger partial charge in [0, 0.05) is 6.54 Å². The molecule has 0 aliphatic carbocycles. The first-order valence-electron chi connectivity index (χ1n) is 5.97. The Labute approximate surface area is 125 Å². The van der Waals surface area contributed by atoms with E-state index in [4.69, 9.17) is 15.6 Å². The SMILES string of the molecule is Cc1cc(S(=O)(=O)N2CCOCC2C(N)=O)sc1C(=O)O. The lowest BCUT2D eigenvalue weighted by Gasteiger charge is -2.31. The van der Waals surface area contributed by atoms with E-state index in [9.17, 15) is 18.0 Å². The van der Waals surface area contributed by atoms with Crippen molar-refractivity contribution in [3.05, 3.63) is 16.5 Å². The van der Waals surface area contributed by atoms with E-state index in [1.165, 1.54) is 13.0 Å². The number of carbonyl (C=O) groups is 2. The standard InChI is InChI=1S/C11H14N2O6S2/c1-6-4-8(20-9(6)11(15)16)21(17,18)13-2-3-19-5-7(13)10(12)14/h4,7H,2-3,5H2,1H3,(H2,12,14)(H,15,16). The minimum absolute atomic E-state index is 0.00467. The first kappa shape index (κ1) is 15.9. The second-order valence-corrected chi connectivity index (χ2v) is 7.66. The summed E-state index contributed by atoms with van der Waals surface area (Å²) in [6.07, 6.45) is 0. The van der Waals surface area contributed by atoms with E-state index in [0.717, 1.165) is 4.31 Å². The molecule has 1 aromatic heterocycles. The zero-order chi connectivity index (χ0) is 15.8. The lowest BCUT2D eigenvalue weighted by molar-refractivity contribution is -0.125. The molecular weight excluding hydrogens is 320 g/mol. The molecule has 10 heteroatoms. The number of sulfonamides is 1. The summed E-state index contributed by atoms with van der Waals surface area (Å²) in [5, 5.41) is 9.00. The molecule has 0 radical (unpaired) electrons. The molecule has 0 saturated carbocycles. The van der Waals surface area contributed by atoms with Crippen LogP contribution >= 0.6 is 11.3 Å². The lowest BCUT2D eigenvalue weighted by Crippen LogP contribution is -2.54. The minimum Gasteiger partial charge on any atom is -0.477 e. The number of hydrogen-bond acceptors (Lipinski definition) is 6. The van der Waals surface area contributed by atoms with E-state index in [0.29, 0.717) is 16.9 Å². The van der Waals surface area contributed by atoms with Crippen molar-refractivity contribution in [2.75, 3.05) is 19.8 Å². The molecule has 1 atom stereocenters. The summed E-state index contributed by atoms with van der Waals surface area (Å²) in [5.74, 6) is -1.99. The number of carboxylic acid groups (broad SMARTS) is 1. The van der Waals surface area contributed by atoms with E-state index >= 15 is 0 Å². The molecule has 1 aliphatic rings. The van der Waals surface area contributed by atoms with Crippen molar-refractivity contribution in [3.8, 4) is 0 Å². The Morgan fingerprint density at radius 3 is 2.71 bits per heavy atom. The molecule has 2 heterocycles. The zero-order valence-corrected chi connectivity index (χ0v) is 12.7. The molecular formula is C11H14N2O6S2. The van der Waals surface area contributed by atoms with Gasteiger partial charge in [0.15, 0.2) is 0 Å². The maximum Gasteiger partial charge on any atom is 0.346 e. The van der Waals surface area contributed by atoms with Crippen LogP contribution in [0.25, 0.3) is 0 Å². The van der Waals surface area contributed by atoms with Crippen molar-refractivity contribution >= 4 is 33.2 Å². The third kappa shape index (κ3) is 2.93. The molecule has 2 rings (SSSR count). The number of carbonyl (C=O) groups excluding carboxylic acids is 1. The predicted octanol–water partition coefficient (Wildman–Crippen LogP) is -0.370. The average Bonchev–Trinajstić information content (AvgIpc) is 2.81. The number of primary amides is 1. The summed E-state index contributed by atoms with van der Waals surface area (Å²) in [7, 11) is -3.98. The molecule has 1 saturated heterocycles. The van der Waals surface area contributed by atoms with E-state index in [1.54, 1.807) is 0 Å². The Balaban J connectivity index is 2.43. The molecule has 1 unspecified atom stereocenters. The molecule has 116 valence electrons. The third-order valence-electron chi connectivity index (χ3n) is 3.06. The molecule has 0 aromatic carbocycles. The van der Waals surface area contributed by atoms with Gasteiger partial charge in [-0.15, -0.1) is 11.3 Å².